The van der Waals surface area contributed by atoms with Gasteiger partial charge in [0.15, 0.2) is 0 Å². The Morgan fingerprint density at radius 3 is 2.21 bits per heavy atom. The Kier molecular flexibility index (Phi) is 5.02. The Bertz CT molecular complexity index is 491. The van der Waals surface area contributed by atoms with Gasteiger partial charge in [0.2, 0.25) is 0 Å². The minimum absolute atomic E-state index is 0.354. The van der Waals surface area contributed by atoms with Crippen molar-refractivity contribution in [3.8, 4) is 16.9 Å². The van der Waals surface area contributed by atoms with E-state index in [1.54, 1.807) is 0 Å². The third kappa shape index (κ3) is 4.16. The predicted octanol–water partition coefficient (Wildman–Crippen LogP) is 3.82. The van der Waals surface area contributed by atoms with E-state index in [9.17, 15) is 0 Å². The van der Waals surface area contributed by atoms with Crippen LogP contribution in [0.1, 0.15) is 0 Å². The lowest BCUT2D eigenvalue weighted by molar-refractivity contribution is -0.251. The maximum atomic E-state index is 5.50. The summed E-state index contributed by atoms with van der Waals surface area (Å²) in [6, 6.07) is 18.2. The average Bonchev–Trinajstić information content (AvgIpc) is 2.49. The monoisotopic (exact) mass is 256 g/mol. The van der Waals surface area contributed by atoms with Crippen LogP contribution >= 0.6 is 0 Å². The standard InChI is InChI=1S/C16H16O3/c1-2-18-19-13-12-17-16-10-8-15(9-11-16)14-6-4-3-5-7-14/h2-11H,1,12-13H2. The summed E-state index contributed by atoms with van der Waals surface area (Å²) in [4.78, 5) is 9.29. The van der Waals surface area contributed by atoms with Crippen molar-refractivity contribution in [2.45, 2.75) is 0 Å². The number of rotatable bonds is 7. The molecule has 98 valence electrons. The minimum Gasteiger partial charge on any atom is -0.491 e. The van der Waals surface area contributed by atoms with Gasteiger partial charge in [0, 0.05) is 0 Å². The van der Waals surface area contributed by atoms with Gasteiger partial charge < -0.3 is 9.62 Å². The van der Waals surface area contributed by atoms with Gasteiger partial charge in [-0.25, -0.2) is 0 Å². The molecule has 0 saturated heterocycles. The van der Waals surface area contributed by atoms with Crippen LogP contribution in [0.2, 0.25) is 0 Å². The SMILES string of the molecule is C=COOCCOc1ccc(-c2ccccc2)cc1. The van der Waals surface area contributed by atoms with Crippen molar-refractivity contribution >= 4 is 0 Å². The number of ether oxygens (including phenoxy) is 1. The van der Waals surface area contributed by atoms with E-state index in [1.165, 1.54) is 17.4 Å². The van der Waals surface area contributed by atoms with Crippen LogP contribution in [0.4, 0.5) is 0 Å². The van der Waals surface area contributed by atoms with Gasteiger partial charge in [-0.15, -0.1) is 0 Å². The molecule has 0 radical (unpaired) electrons. The maximum absolute atomic E-state index is 5.50. The van der Waals surface area contributed by atoms with Crippen molar-refractivity contribution in [2.75, 3.05) is 13.2 Å². The third-order valence-corrected chi connectivity index (χ3v) is 2.53. The number of hydrogen-bond donors (Lipinski definition) is 0. The molecule has 19 heavy (non-hydrogen) atoms. The lowest BCUT2D eigenvalue weighted by atomic mass is 10.1. The molecule has 0 aliphatic rings. The van der Waals surface area contributed by atoms with Crippen molar-refractivity contribution < 1.29 is 14.5 Å². The molecule has 2 aromatic carbocycles. The maximum Gasteiger partial charge on any atom is 0.128 e. The Balaban J connectivity index is 1.87. The van der Waals surface area contributed by atoms with Crippen LogP contribution < -0.4 is 4.74 Å². The summed E-state index contributed by atoms with van der Waals surface area (Å²) >= 11 is 0. The van der Waals surface area contributed by atoms with Crippen molar-refractivity contribution in [3.63, 3.8) is 0 Å². The van der Waals surface area contributed by atoms with Crippen molar-refractivity contribution in [2.24, 2.45) is 0 Å². The van der Waals surface area contributed by atoms with Crippen LogP contribution in [-0.2, 0) is 9.78 Å². The molecular weight excluding hydrogens is 240 g/mol. The van der Waals surface area contributed by atoms with E-state index in [2.05, 4.69) is 23.6 Å². The zero-order valence-corrected chi connectivity index (χ0v) is 10.6. The van der Waals surface area contributed by atoms with E-state index in [0.717, 1.165) is 5.75 Å². The summed E-state index contributed by atoms with van der Waals surface area (Å²) in [5, 5.41) is 0. The van der Waals surface area contributed by atoms with Gasteiger partial charge >= 0.3 is 0 Å². The quantitative estimate of drug-likeness (QED) is 0.326. The first kappa shape index (κ1) is 13.2. The topological polar surface area (TPSA) is 27.7 Å². The summed E-state index contributed by atoms with van der Waals surface area (Å²) in [5.74, 6) is 0.807. The van der Waals surface area contributed by atoms with E-state index in [-0.39, 0.29) is 0 Å². The first-order valence-corrected chi connectivity index (χ1v) is 6.07. The average molecular weight is 256 g/mol. The van der Waals surface area contributed by atoms with Crippen LogP contribution in [0.25, 0.3) is 11.1 Å². The first-order valence-electron chi connectivity index (χ1n) is 6.07. The van der Waals surface area contributed by atoms with Crippen molar-refractivity contribution in [1.29, 1.82) is 0 Å². The number of hydrogen-bond acceptors (Lipinski definition) is 3. The van der Waals surface area contributed by atoms with Crippen LogP contribution in [0, 0.1) is 0 Å². The Hall–Kier alpha value is -2.26. The van der Waals surface area contributed by atoms with Gasteiger partial charge in [-0.2, -0.15) is 4.89 Å². The molecule has 0 heterocycles. The molecule has 0 amide bonds. The molecule has 0 aliphatic heterocycles. The summed E-state index contributed by atoms with van der Waals surface area (Å²) in [6.07, 6.45) is 1.23. The second-order valence-electron chi connectivity index (χ2n) is 3.82. The molecule has 3 nitrogen and oxygen atoms in total. The van der Waals surface area contributed by atoms with Crippen molar-refractivity contribution in [1.82, 2.24) is 0 Å². The van der Waals surface area contributed by atoms with E-state index in [4.69, 9.17) is 9.62 Å². The largest absolute Gasteiger partial charge is 0.491 e. The van der Waals surface area contributed by atoms with Gasteiger partial charge in [-0.05, 0) is 23.3 Å². The molecule has 0 saturated carbocycles. The van der Waals surface area contributed by atoms with Crippen LogP contribution in [0.5, 0.6) is 5.75 Å². The van der Waals surface area contributed by atoms with Gasteiger partial charge in [-0.1, -0.05) is 49.0 Å². The molecule has 0 aromatic heterocycles. The zero-order valence-electron chi connectivity index (χ0n) is 10.6. The molecule has 0 spiro atoms. The summed E-state index contributed by atoms with van der Waals surface area (Å²) in [7, 11) is 0. The molecule has 2 aromatic rings. The Morgan fingerprint density at radius 1 is 0.842 bits per heavy atom. The van der Waals surface area contributed by atoms with Gasteiger partial charge in [-0.3, -0.25) is 0 Å². The highest BCUT2D eigenvalue weighted by atomic mass is 17.2. The second kappa shape index (κ2) is 7.24. The van der Waals surface area contributed by atoms with Crippen LogP contribution in [0.3, 0.4) is 0 Å². The molecular formula is C16H16O3. The highest BCUT2D eigenvalue weighted by molar-refractivity contribution is 5.63. The van der Waals surface area contributed by atoms with Gasteiger partial charge in [0.05, 0.1) is 0 Å². The normalized spacial score (nSPS) is 9.89. The molecule has 0 bridgehead atoms. The fraction of sp³-hybridized carbons (Fsp3) is 0.125. The molecule has 3 heteroatoms. The van der Waals surface area contributed by atoms with Crippen molar-refractivity contribution in [3.05, 3.63) is 67.4 Å². The molecule has 0 unspecified atom stereocenters. The van der Waals surface area contributed by atoms with E-state index in [1.807, 2.05) is 42.5 Å². The Labute approximate surface area is 113 Å². The smallest absolute Gasteiger partial charge is 0.128 e. The zero-order chi connectivity index (χ0) is 13.3. The number of benzene rings is 2. The van der Waals surface area contributed by atoms with Crippen LogP contribution in [-0.4, -0.2) is 13.2 Å². The predicted molar refractivity (Wildman–Crippen MR) is 74.6 cm³/mol. The van der Waals surface area contributed by atoms with Crippen LogP contribution in [0.15, 0.2) is 67.4 Å². The molecule has 0 atom stereocenters. The lowest BCUT2D eigenvalue weighted by Gasteiger charge is -2.07. The summed E-state index contributed by atoms with van der Waals surface area (Å²) in [6.45, 7) is 4.15. The van der Waals surface area contributed by atoms with Gasteiger partial charge in [0.1, 0.15) is 25.2 Å². The molecule has 0 N–H and O–H groups in total. The Morgan fingerprint density at radius 2 is 1.53 bits per heavy atom. The summed E-state index contributed by atoms with van der Waals surface area (Å²) in [5.41, 5.74) is 2.36. The highest BCUT2D eigenvalue weighted by Crippen LogP contribution is 2.21. The summed E-state index contributed by atoms with van der Waals surface area (Å²) < 4.78 is 5.50. The van der Waals surface area contributed by atoms with E-state index in [0.29, 0.717) is 13.2 Å². The minimum atomic E-state index is 0.354. The highest BCUT2D eigenvalue weighted by Gasteiger charge is 1.98. The van der Waals surface area contributed by atoms with E-state index < -0.39 is 0 Å². The molecule has 0 aliphatic carbocycles. The fourth-order valence-corrected chi connectivity index (χ4v) is 1.66. The first-order chi connectivity index (χ1) is 9.40. The molecule has 2 rings (SSSR count). The molecule has 0 fully saturated rings. The second-order valence-corrected chi connectivity index (χ2v) is 3.82. The fourth-order valence-electron chi connectivity index (χ4n) is 1.66. The lowest BCUT2D eigenvalue weighted by Crippen LogP contribution is -2.05. The third-order valence-electron chi connectivity index (χ3n) is 2.53. The van der Waals surface area contributed by atoms with E-state index >= 15 is 0 Å². The van der Waals surface area contributed by atoms with Gasteiger partial charge in [0.25, 0.3) is 0 Å².